The fraction of sp³-hybridized carbons (Fsp3) is 0.200. The maximum atomic E-state index is 10.7. The Kier molecular flexibility index (Phi) is 0.677. The number of rotatable bonds is 0. The fourth-order valence-corrected chi connectivity index (χ4v) is 0.900. The lowest BCUT2D eigenvalue weighted by Crippen LogP contribution is -2.19. The molecule has 0 aromatic rings. The number of carbonyl (C=O) groups is 1. The van der Waals surface area contributed by atoms with E-state index in [4.69, 9.17) is 0 Å². The first kappa shape index (κ1) is 4.55. The maximum absolute atomic E-state index is 10.7. The van der Waals surface area contributed by atoms with Gasteiger partial charge in [-0.05, 0) is 0 Å². The average Bonchev–Trinajstić information content (AvgIpc) is 2.35. The predicted molar refractivity (Wildman–Crippen MR) is 31.7 cm³/mol. The molecule has 0 aliphatic carbocycles. The summed E-state index contributed by atoms with van der Waals surface area (Å²) < 4.78 is 0. The predicted octanol–water partition coefficient (Wildman–Crippen LogP) is -1.04. The molecule has 0 saturated heterocycles. The molecule has 9 heavy (non-hydrogen) atoms. The largest absolute Gasteiger partial charge is 0.365 e. The molecule has 2 aliphatic rings. The second-order valence-corrected chi connectivity index (χ2v) is 1.88. The summed E-state index contributed by atoms with van der Waals surface area (Å²) in [6, 6.07) is 0. The minimum atomic E-state index is -0.171. The summed E-state index contributed by atoms with van der Waals surface area (Å²) in [5, 5.41) is 5.81. The minimum absolute atomic E-state index is 0.171. The van der Waals surface area contributed by atoms with E-state index in [1.165, 1.54) is 6.21 Å². The van der Waals surface area contributed by atoms with Gasteiger partial charge in [0, 0.05) is 0 Å². The second-order valence-electron chi connectivity index (χ2n) is 1.88. The molecule has 2 heterocycles. The van der Waals surface area contributed by atoms with Crippen molar-refractivity contribution in [2.24, 2.45) is 4.99 Å². The van der Waals surface area contributed by atoms with Gasteiger partial charge in [-0.3, -0.25) is 4.79 Å². The first-order chi connectivity index (χ1) is 4.38. The Morgan fingerprint density at radius 3 is 3.22 bits per heavy atom. The number of nitrogens with zero attached hydrogens (tertiary/aromatic N) is 1. The summed E-state index contributed by atoms with van der Waals surface area (Å²) in [6.07, 6.45) is 1.54. The lowest BCUT2D eigenvalue weighted by Gasteiger charge is -1.92. The van der Waals surface area contributed by atoms with Gasteiger partial charge in [0.1, 0.15) is 5.70 Å². The molecule has 4 heteroatoms. The molecule has 0 bridgehead atoms. The zero-order valence-electron chi connectivity index (χ0n) is 4.64. The molecule has 4 nitrogen and oxygen atoms in total. The molecule has 0 unspecified atom stereocenters. The zero-order valence-corrected chi connectivity index (χ0v) is 4.64. The van der Waals surface area contributed by atoms with Gasteiger partial charge in [0.2, 0.25) is 0 Å². The van der Waals surface area contributed by atoms with Crippen LogP contribution in [0.15, 0.2) is 16.4 Å². The quantitative estimate of drug-likeness (QED) is 0.432. The van der Waals surface area contributed by atoms with Crippen molar-refractivity contribution in [1.29, 1.82) is 0 Å². The zero-order chi connectivity index (χ0) is 6.27. The van der Waals surface area contributed by atoms with Crippen molar-refractivity contribution in [2.45, 2.75) is 0 Å². The molecule has 1 amide bonds. The fourth-order valence-electron chi connectivity index (χ4n) is 0.900. The van der Waals surface area contributed by atoms with Gasteiger partial charge in [-0.2, -0.15) is 0 Å². The van der Waals surface area contributed by atoms with Crippen molar-refractivity contribution in [3.63, 3.8) is 0 Å². The molecular formula is C5H5N3O. The Morgan fingerprint density at radius 2 is 2.44 bits per heavy atom. The van der Waals surface area contributed by atoms with E-state index in [1.807, 2.05) is 0 Å². The molecule has 0 aromatic heterocycles. The van der Waals surface area contributed by atoms with Crippen molar-refractivity contribution in [1.82, 2.24) is 10.6 Å². The van der Waals surface area contributed by atoms with Gasteiger partial charge in [0.15, 0.2) is 0 Å². The van der Waals surface area contributed by atoms with E-state index in [-0.39, 0.29) is 5.91 Å². The Balaban J connectivity index is 2.44. The summed E-state index contributed by atoms with van der Waals surface area (Å²) in [5.74, 6) is -0.171. The van der Waals surface area contributed by atoms with Crippen LogP contribution in [0, 0.1) is 0 Å². The van der Waals surface area contributed by atoms with Crippen LogP contribution in [-0.2, 0) is 4.79 Å². The Labute approximate surface area is 51.7 Å². The molecule has 0 saturated carbocycles. The number of nitrogens with one attached hydrogen (secondary N) is 2. The second kappa shape index (κ2) is 1.34. The van der Waals surface area contributed by atoms with E-state index in [0.717, 1.165) is 5.70 Å². The first-order valence-corrected chi connectivity index (χ1v) is 2.68. The summed E-state index contributed by atoms with van der Waals surface area (Å²) in [7, 11) is 0. The molecule has 0 spiro atoms. The van der Waals surface area contributed by atoms with Gasteiger partial charge in [-0.25, -0.2) is 4.99 Å². The van der Waals surface area contributed by atoms with Gasteiger partial charge in [-0.1, -0.05) is 0 Å². The van der Waals surface area contributed by atoms with Crippen molar-refractivity contribution >= 4 is 12.1 Å². The van der Waals surface area contributed by atoms with Gasteiger partial charge >= 0.3 is 0 Å². The van der Waals surface area contributed by atoms with E-state index in [9.17, 15) is 4.79 Å². The molecule has 2 N–H and O–H groups in total. The van der Waals surface area contributed by atoms with Crippen LogP contribution in [0.2, 0.25) is 0 Å². The van der Waals surface area contributed by atoms with Crippen LogP contribution in [0.3, 0.4) is 0 Å². The van der Waals surface area contributed by atoms with Crippen molar-refractivity contribution in [3.8, 4) is 0 Å². The van der Waals surface area contributed by atoms with Gasteiger partial charge < -0.3 is 10.6 Å². The number of hydrogen-bond donors (Lipinski definition) is 2. The van der Waals surface area contributed by atoms with E-state index in [0.29, 0.717) is 12.4 Å². The summed E-state index contributed by atoms with van der Waals surface area (Å²) in [5.41, 5.74) is 1.43. The van der Waals surface area contributed by atoms with Crippen LogP contribution in [0.25, 0.3) is 0 Å². The van der Waals surface area contributed by atoms with Crippen LogP contribution < -0.4 is 10.6 Å². The highest BCUT2D eigenvalue weighted by Gasteiger charge is 2.22. The molecule has 46 valence electrons. The van der Waals surface area contributed by atoms with Crippen LogP contribution in [0.4, 0.5) is 0 Å². The van der Waals surface area contributed by atoms with Crippen LogP contribution in [0.1, 0.15) is 0 Å². The van der Waals surface area contributed by atoms with E-state index in [2.05, 4.69) is 15.6 Å². The van der Waals surface area contributed by atoms with Gasteiger partial charge in [-0.15, -0.1) is 0 Å². The Morgan fingerprint density at radius 1 is 1.56 bits per heavy atom. The monoisotopic (exact) mass is 123 g/mol. The molecule has 2 aliphatic heterocycles. The Hall–Kier alpha value is -1.32. The van der Waals surface area contributed by atoms with Crippen LogP contribution in [-0.4, -0.2) is 18.8 Å². The standard InChI is InChI=1S/C5H5N3O/c9-5-4-3(1-6-5)7-2-8-4/h1,7-8H,2H2. The molecule has 2 rings (SSSR count). The topological polar surface area (TPSA) is 53.5 Å². The summed E-state index contributed by atoms with van der Waals surface area (Å²) in [6.45, 7) is 0.641. The molecule has 0 fully saturated rings. The minimum Gasteiger partial charge on any atom is -0.365 e. The molecule has 0 atom stereocenters. The van der Waals surface area contributed by atoms with Gasteiger partial charge in [0.05, 0.1) is 18.6 Å². The van der Waals surface area contributed by atoms with Crippen molar-refractivity contribution in [2.75, 3.05) is 6.67 Å². The Bertz CT molecular complexity index is 222. The highest BCUT2D eigenvalue weighted by atomic mass is 16.1. The summed E-state index contributed by atoms with van der Waals surface area (Å²) in [4.78, 5) is 14.3. The normalized spacial score (nSPS) is 22.0. The molecule has 0 aromatic carbocycles. The SMILES string of the molecule is O=C1N=CC2=C1NCN2. The van der Waals surface area contributed by atoms with Gasteiger partial charge in [0.25, 0.3) is 5.91 Å². The molecular weight excluding hydrogens is 118 g/mol. The lowest BCUT2D eigenvalue weighted by atomic mass is 10.4. The third-order valence-corrected chi connectivity index (χ3v) is 1.34. The van der Waals surface area contributed by atoms with E-state index in [1.54, 1.807) is 0 Å². The maximum Gasteiger partial charge on any atom is 0.295 e. The number of allylic oxidation sites excluding steroid dienone is 1. The highest BCUT2D eigenvalue weighted by Crippen LogP contribution is 2.08. The smallest absolute Gasteiger partial charge is 0.295 e. The van der Waals surface area contributed by atoms with Crippen LogP contribution >= 0.6 is 0 Å². The number of amides is 1. The number of carbonyl (C=O) groups excluding carboxylic acids is 1. The first-order valence-electron chi connectivity index (χ1n) is 2.68. The van der Waals surface area contributed by atoms with Crippen molar-refractivity contribution in [3.05, 3.63) is 11.4 Å². The van der Waals surface area contributed by atoms with E-state index < -0.39 is 0 Å². The third-order valence-electron chi connectivity index (χ3n) is 1.34. The molecule has 0 radical (unpaired) electrons. The third kappa shape index (κ3) is 0.468. The summed E-state index contributed by atoms with van der Waals surface area (Å²) >= 11 is 0. The van der Waals surface area contributed by atoms with Crippen molar-refractivity contribution < 1.29 is 4.79 Å². The van der Waals surface area contributed by atoms with Crippen LogP contribution in [0.5, 0.6) is 0 Å². The average molecular weight is 123 g/mol. The number of hydrogen-bond acceptors (Lipinski definition) is 3. The van der Waals surface area contributed by atoms with E-state index >= 15 is 0 Å². The number of aliphatic imine (C=N–C) groups is 1. The highest BCUT2D eigenvalue weighted by molar-refractivity contribution is 6.10. The lowest BCUT2D eigenvalue weighted by molar-refractivity contribution is -0.114.